The van der Waals surface area contributed by atoms with E-state index in [2.05, 4.69) is 103 Å². The van der Waals surface area contributed by atoms with Gasteiger partial charge in [0.2, 0.25) is 0 Å². The van der Waals surface area contributed by atoms with Crippen molar-refractivity contribution in [1.29, 1.82) is 0 Å². The lowest BCUT2D eigenvalue weighted by Gasteiger charge is -2.24. The number of benzene rings is 4. The van der Waals surface area contributed by atoms with E-state index in [1.807, 2.05) is 11.8 Å². The number of unbranched alkanes of at least 4 members (excludes halogenated alkanes) is 2. The van der Waals surface area contributed by atoms with E-state index in [1.165, 1.54) is 57.6 Å². The molecule has 0 saturated carbocycles. The maximum atomic E-state index is 6.27. The Kier molecular flexibility index (Phi) is 11.1. The Morgan fingerprint density at radius 2 is 1.50 bits per heavy atom. The van der Waals surface area contributed by atoms with Crippen molar-refractivity contribution in [2.45, 2.75) is 69.8 Å². The van der Waals surface area contributed by atoms with Gasteiger partial charge in [0, 0.05) is 12.2 Å². The summed E-state index contributed by atoms with van der Waals surface area (Å²) in [7, 11) is 0. The Morgan fingerprint density at radius 1 is 0.705 bits per heavy atom. The monoisotopic (exact) mass is 604 g/mol. The summed E-state index contributed by atoms with van der Waals surface area (Å²) in [5, 5.41) is 0. The second-order valence-corrected chi connectivity index (χ2v) is 12.9. The van der Waals surface area contributed by atoms with Gasteiger partial charge in [-0.3, -0.25) is 0 Å². The van der Waals surface area contributed by atoms with Crippen LogP contribution in [0.25, 0.3) is 11.1 Å². The molecule has 0 N–H and O–H groups in total. The molecule has 228 valence electrons. The number of fused-ring (bicyclic) bond motifs is 1. The molecule has 44 heavy (non-hydrogen) atoms. The van der Waals surface area contributed by atoms with Crippen LogP contribution in [-0.4, -0.2) is 25.3 Å². The van der Waals surface area contributed by atoms with Gasteiger partial charge in [0.25, 0.3) is 0 Å². The predicted octanol–water partition coefficient (Wildman–Crippen LogP) is 10.4. The molecule has 4 aromatic carbocycles. The first-order chi connectivity index (χ1) is 21.8. The molecule has 0 amide bonds. The lowest BCUT2D eigenvalue weighted by molar-refractivity contribution is -0.105. The molecule has 1 fully saturated rings. The van der Waals surface area contributed by atoms with E-state index in [9.17, 15) is 0 Å². The molecule has 0 aromatic heterocycles. The fraction of sp³-hybridized carbons (Fsp3) is 0.350. The van der Waals surface area contributed by atoms with Crippen LogP contribution in [0.3, 0.4) is 0 Å². The van der Waals surface area contributed by atoms with Crippen LogP contribution >= 0.6 is 11.8 Å². The molecule has 4 aromatic rings. The van der Waals surface area contributed by atoms with Crippen molar-refractivity contribution in [3.8, 4) is 11.5 Å². The number of thioether (sulfide) groups is 1. The first-order valence-electron chi connectivity index (χ1n) is 16.4. The van der Waals surface area contributed by atoms with E-state index in [-0.39, 0.29) is 6.29 Å². The fourth-order valence-electron chi connectivity index (χ4n) is 6.21. The summed E-state index contributed by atoms with van der Waals surface area (Å²) in [6.07, 6.45) is 9.81. The highest BCUT2D eigenvalue weighted by Crippen LogP contribution is 2.41. The standard InChI is InChI=1S/C40H44O3S/c1-4-13-31(14-5-1)30-44-28-11-3-9-26-41-35-22-20-33(21-23-35)40-37(32-15-6-2-7-16-32)18-12-17-34-29-36(24-25-38(34)40)43-39-19-8-10-27-42-39/h1-2,4-7,13-16,20-25,29,39H,3,8-12,17-19,26-28,30H2. The number of rotatable bonds is 13. The first-order valence-corrected chi connectivity index (χ1v) is 17.5. The van der Waals surface area contributed by atoms with Crippen LogP contribution in [0.15, 0.2) is 103 Å². The zero-order chi connectivity index (χ0) is 29.8. The van der Waals surface area contributed by atoms with Crippen LogP contribution < -0.4 is 9.47 Å². The Hall–Kier alpha value is -3.47. The molecule has 6 rings (SSSR count). The molecule has 0 spiro atoms. The van der Waals surface area contributed by atoms with Crippen molar-refractivity contribution >= 4 is 22.9 Å². The third-order valence-electron chi connectivity index (χ3n) is 8.50. The smallest absolute Gasteiger partial charge is 0.199 e. The average molecular weight is 605 g/mol. The topological polar surface area (TPSA) is 27.7 Å². The molecule has 1 unspecified atom stereocenters. The number of hydrogen-bond acceptors (Lipinski definition) is 4. The Balaban J connectivity index is 1.11. The van der Waals surface area contributed by atoms with Crippen LogP contribution in [0.2, 0.25) is 0 Å². The summed E-state index contributed by atoms with van der Waals surface area (Å²) >= 11 is 2.02. The van der Waals surface area contributed by atoms with Crippen molar-refractivity contribution in [3.05, 3.63) is 131 Å². The van der Waals surface area contributed by atoms with E-state index >= 15 is 0 Å². The van der Waals surface area contributed by atoms with Crippen LogP contribution in [0, 0.1) is 0 Å². The van der Waals surface area contributed by atoms with Crippen LogP contribution in [0.4, 0.5) is 0 Å². The Bertz CT molecular complexity index is 1470. The van der Waals surface area contributed by atoms with E-state index in [0.29, 0.717) is 0 Å². The highest BCUT2D eigenvalue weighted by atomic mass is 32.2. The maximum Gasteiger partial charge on any atom is 0.199 e. The zero-order valence-electron chi connectivity index (χ0n) is 25.7. The molecule has 1 aliphatic heterocycles. The maximum absolute atomic E-state index is 6.27. The van der Waals surface area contributed by atoms with Gasteiger partial charge in [-0.1, -0.05) is 78.9 Å². The van der Waals surface area contributed by atoms with Crippen LogP contribution in [0.1, 0.15) is 79.2 Å². The molecule has 4 heteroatoms. The van der Waals surface area contributed by atoms with E-state index < -0.39 is 0 Å². The van der Waals surface area contributed by atoms with Gasteiger partial charge in [0.05, 0.1) is 13.2 Å². The van der Waals surface area contributed by atoms with Crippen molar-refractivity contribution < 1.29 is 14.2 Å². The minimum absolute atomic E-state index is 0.131. The van der Waals surface area contributed by atoms with E-state index in [1.54, 1.807) is 0 Å². The van der Waals surface area contributed by atoms with Gasteiger partial charge in [-0.25, -0.2) is 0 Å². The number of aryl methyl sites for hydroxylation is 1. The van der Waals surface area contributed by atoms with Gasteiger partial charge in [-0.15, -0.1) is 0 Å². The molecule has 0 radical (unpaired) electrons. The quantitative estimate of drug-likeness (QED) is 0.142. The minimum Gasteiger partial charge on any atom is -0.494 e. The predicted molar refractivity (Wildman–Crippen MR) is 184 cm³/mol. The van der Waals surface area contributed by atoms with Gasteiger partial charge in [0.1, 0.15) is 11.5 Å². The zero-order valence-corrected chi connectivity index (χ0v) is 26.5. The third-order valence-corrected chi connectivity index (χ3v) is 9.62. The van der Waals surface area contributed by atoms with E-state index in [0.717, 1.165) is 75.4 Å². The summed E-state index contributed by atoms with van der Waals surface area (Å²) in [4.78, 5) is 0. The summed E-state index contributed by atoms with van der Waals surface area (Å²) in [6, 6.07) is 37.0. The van der Waals surface area contributed by atoms with Crippen molar-refractivity contribution in [1.82, 2.24) is 0 Å². The van der Waals surface area contributed by atoms with Crippen molar-refractivity contribution in [2.24, 2.45) is 0 Å². The van der Waals surface area contributed by atoms with Gasteiger partial charge in [-0.05, 0) is 120 Å². The summed E-state index contributed by atoms with van der Waals surface area (Å²) < 4.78 is 18.3. The lowest BCUT2D eigenvalue weighted by Crippen LogP contribution is -2.25. The van der Waals surface area contributed by atoms with Crippen molar-refractivity contribution in [3.63, 3.8) is 0 Å². The van der Waals surface area contributed by atoms with Crippen LogP contribution in [0.5, 0.6) is 11.5 Å². The Morgan fingerprint density at radius 3 is 2.30 bits per heavy atom. The van der Waals surface area contributed by atoms with E-state index in [4.69, 9.17) is 14.2 Å². The molecule has 3 nitrogen and oxygen atoms in total. The summed E-state index contributed by atoms with van der Waals surface area (Å²) in [5.74, 6) is 4.16. The summed E-state index contributed by atoms with van der Waals surface area (Å²) in [6.45, 7) is 1.55. The average Bonchev–Trinajstić information content (AvgIpc) is 3.27. The van der Waals surface area contributed by atoms with Gasteiger partial charge in [-0.2, -0.15) is 11.8 Å². The lowest BCUT2D eigenvalue weighted by atomic mass is 9.88. The fourth-order valence-corrected chi connectivity index (χ4v) is 7.19. The highest BCUT2D eigenvalue weighted by Gasteiger charge is 2.22. The molecule has 1 atom stereocenters. The normalized spacial score (nSPS) is 16.7. The molecular formula is C40H44O3S. The second-order valence-electron chi connectivity index (χ2n) is 11.8. The second kappa shape index (κ2) is 16.0. The van der Waals surface area contributed by atoms with Crippen LogP contribution in [-0.2, 0) is 16.9 Å². The number of ether oxygens (including phenoxy) is 3. The number of hydrogen-bond donors (Lipinski definition) is 0. The molecule has 1 aliphatic carbocycles. The third kappa shape index (κ3) is 8.37. The minimum atomic E-state index is -0.131. The Labute approximate surface area is 267 Å². The van der Waals surface area contributed by atoms with Gasteiger partial charge >= 0.3 is 0 Å². The molecule has 1 heterocycles. The SMILES string of the molecule is c1ccc(CSCCCCCOc2ccc(C3=C(c4ccccc4)CCCc4cc(OC5CCCCO5)ccc43)cc2)cc1. The largest absolute Gasteiger partial charge is 0.494 e. The molecule has 2 aliphatic rings. The van der Waals surface area contributed by atoms with Gasteiger partial charge in [0.15, 0.2) is 6.29 Å². The first kappa shape index (κ1) is 30.6. The molecular weight excluding hydrogens is 561 g/mol. The number of allylic oxidation sites excluding steroid dienone is 1. The van der Waals surface area contributed by atoms with Gasteiger partial charge < -0.3 is 14.2 Å². The highest BCUT2D eigenvalue weighted by molar-refractivity contribution is 7.98. The molecule has 0 bridgehead atoms. The van der Waals surface area contributed by atoms with Crippen molar-refractivity contribution in [2.75, 3.05) is 19.0 Å². The molecule has 1 saturated heterocycles. The summed E-state index contributed by atoms with van der Waals surface area (Å²) in [5.41, 5.74) is 9.33.